The van der Waals surface area contributed by atoms with E-state index in [1.807, 2.05) is 63.2 Å². The molecule has 0 spiro atoms. The molecule has 0 fully saturated rings. The van der Waals surface area contributed by atoms with Gasteiger partial charge in [0.2, 0.25) is 0 Å². The summed E-state index contributed by atoms with van der Waals surface area (Å²) in [5, 5.41) is 2.87. The van der Waals surface area contributed by atoms with Crippen LogP contribution in [0.5, 0.6) is 17.2 Å². The van der Waals surface area contributed by atoms with Crippen LogP contribution in [-0.2, 0) is 4.79 Å². The first-order valence-corrected chi connectivity index (χ1v) is 8.82. The van der Waals surface area contributed by atoms with Crippen molar-refractivity contribution in [2.45, 2.75) is 33.3 Å². The van der Waals surface area contributed by atoms with Gasteiger partial charge in [-0.1, -0.05) is 31.2 Å². The highest BCUT2D eigenvalue weighted by Crippen LogP contribution is 2.25. The Labute approximate surface area is 155 Å². The van der Waals surface area contributed by atoms with Crippen LogP contribution in [0.3, 0.4) is 0 Å². The number of carbonyl (C=O) groups excluding carboxylic acids is 1. The highest BCUT2D eigenvalue weighted by molar-refractivity contribution is 5.81. The molecular formula is C21H27NO4. The van der Waals surface area contributed by atoms with Gasteiger partial charge in [-0.05, 0) is 49.6 Å². The first kappa shape index (κ1) is 19.6. The van der Waals surface area contributed by atoms with Gasteiger partial charge in [-0.2, -0.15) is 0 Å². The number of rotatable bonds is 9. The summed E-state index contributed by atoms with van der Waals surface area (Å²) in [7, 11) is 1.60. The predicted molar refractivity (Wildman–Crippen MR) is 102 cm³/mol. The molecule has 2 rings (SSSR count). The van der Waals surface area contributed by atoms with Crippen molar-refractivity contribution in [2.75, 3.05) is 20.3 Å². The first-order chi connectivity index (χ1) is 12.5. The van der Waals surface area contributed by atoms with E-state index in [1.165, 1.54) is 0 Å². The van der Waals surface area contributed by atoms with Gasteiger partial charge in [-0.15, -0.1) is 0 Å². The topological polar surface area (TPSA) is 56.8 Å². The highest BCUT2D eigenvalue weighted by Gasteiger charge is 2.19. The fourth-order valence-electron chi connectivity index (χ4n) is 2.50. The van der Waals surface area contributed by atoms with Crippen molar-refractivity contribution in [1.82, 2.24) is 5.32 Å². The zero-order valence-electron chi connectivity index (χ0n) is 15.9. The average Bonchev–Trinajstić information content (AvgIpc) is 2.65. The Bertz CT molecular complexity index is 730. The molecule has 2 aromatic carbocycles. The summed E-state index contributed by atoms with van der Waals surface area (Å²) in [6, 6.07) is 13.4. The molecule has 1 N–H and O–H groups in total. The van der Waals surface area contributed by atoms with Gasteiger partial charge >= 0.3 is 0 Å². The number of ether oxygens (including phenoxy) is 3. The van der Waals surface area contributed by atoms with E-state index in [-0.39, 0.29) is 5.91 Å². The van der Waals surface area contributed by atoms with Gasteiger partial charge in [0.25, 0.3) is 5.91 Å². The van der Waals surface area contributed by atoms with Crippen molar-refractivity contribution in [2.24, 2.45) is 0 Å². The molecular weight excluding hydrogens is 330 g/mol. The molecule has 0 unspecified atom stereocenters. The summed E-state index contributed by atoms with van der Waals surface area (Å²) in [4.78, 5) is 12.4. The van der Waals surface area contributed by atoms with Crippen LogP contribution in [0.4, 0.5) is 0 Å². The Morgan fingerprint density at radius 3 is 2.50 bits per heavy atom. The maximum absolute atomic E-state index is 12.4. The number of hydrogen-bond donors (Lipinski definition) is 1. The number of amides is 1. The molecule has 0 saturated heterocycles. The second-order valence-corrected chi connectivity index (χ2v) is 6.07. The van der Waals surface area contributed by atoms with Gasteiger partial charge in [0, 0.05) is 0 Å². The van der Waals surface area contributed by atoms with Crippen LogP contribution in [0.1, 0.15) is 24.5 Å². The molecule has 0 radical (unpaired) electrons. The minimum atomic E-state index is -0.526. The summed E-state index contributed by atoms with van der Waals surface area (Å²) >= 11 is 0. The molecule has 0 aliphatic carbocycles. The van der Waals surface area contributed by atoms with Crippen LogP contribution in [0.25, 0.3) is 0 Å². The van der Waals surface area contributed by atoms with Crippen LogP contribution in [0, 0.1) is 13.8 Å². The SMILES string of the molecule is CC[C@@H](Oc1cc(C)ccc1C)C(=O)NCCOc1ccccc1OC. The number of benzene rings is 2. The molecule has 26 heavy (non-hydrogen) atoms. The molecule has 0 heterocycles. The van der Waals surface area contributed by atoms with E-state index >= 15 is 0 Å². The number of aryl methyl sites for hydroxylation is 2. The number of para-hydroxylation sites is 2. The van der Waals surface area contributed by atoms with Crippen molar-refractivity contribution in [3.8, 4) is 17.2 Å². The molecule has 2 aromatic rings. The molecule has 0 bridgehead atoms. The molecule has 5 heteroatoms. The summed E-state index contributed by atoms with van der Waals surface area (Å²) in [5.74, 6) is 1.93. The standard InChI is InChI=1S/C21H27NO4/c1-5-17(26-20-14-15(2)10-11-16(20)3)21(23)22-12-13-25-19-9-7-6-8-18(19)24-4/h6-11,14,17H,5,12-13H2,1-4H3,(H,22,23)/t17-/m1/s1. The summed E-state index contributed by atoms with van der Waals surface area (Å²) in [6.07, 6.45) is 0.0637. The maximum atomic E-state index is 12.4. The maximum Gasteiger partial charge on any atom is 0.261 e. The number of methoxy groups -OCH3 is 1. The molecule has 5 nitrogen and oxygen atoms in total. The molecule has 0 aliphatic rings. The summed E-state index contributed by atoms with van der Waals surface area (Å²) in [6.45, 7) is 6.65. The third-order valence-corrected chi connectivity index (χ3v) is 4.00. The van der Waals surface area contributed by atoms with E-state index in [0.717, 1.165) is 16.9 Å². The largest absolute Gasteiger partial charge is 0.493 e. The van der Waals surface area contributed by atoms with Crippen molar-refractivity contribution in [3.63, 3.8) is 0 Å². The smallest absolute Gasteiger partial charge is 0.261 e. The van der Waals surface area contributed by atoms with E-state index < -0.39 is 6.10 Å². The van der Waals surface area contributed by atoms with Crippen molar-refractivity contribution in [3.05, 3.63) is 53.6 Å². The van der Waals surface area contributed by atoms with Crippen molar-refractivity contribution < 1.29 is 19.0 Å². The van der Waals surface area contributed by atoms with Crippen LogP contribution in [0.15, 0.2) is 42.5 Å². The van der Waals surface area contributed by atoms with Crippen LogP contribution < -0.4 is 19.5 Å². The monoisotopic (exact) mass is 357 g/mol. The average molecular weight is 357 g/mol. The van der Waals surface area contributed by atoms with Gasteiger partial charge in [0.05, 0.1) is 13.7 Å². The third-order valence-electron chi connectivity index (χ3n) is 4.00. The second-order valence-electron chi connectivity index (χ2n) is 6.07. The summed E-state index contributed by atoms with van der Waals surface area (Å²) in [5.41, 5.74) is 2.12. The number of hydrogen-bond acceptors (Lipinski definition) is 4. The van der Waals surface area contributed by atoms with Crippen LogP contribution >= 0.6 is 0 Å². The Morgan fingerprint density at radius 2 is 1.81 bits per heavy atom. The lowest BCUT2D eigenvalue weighted by atomic mass is 10.1. The van der Waals surface area contributed by atoms with Crippen molar-refractivity contribution in [1.29, 1.82) is 0 Å². The number of nitrogens with one attached hydrogen (secondary N) is 1. The second kappa shape index (κ2) is 9.70. The lowest BCUT2D eigenvalue weighted by Gasteiger charge is -2.19. The molecule has 0 aromatic heterocycles. The Hall–Kier alpha value is -2.69. The molecule has 1 amide bonds. The highest BCUT2D eigenvalue weighted by atomic mass is 16.5. The van der Waals surface area contributed by atoms with E-state index in [9.17, 15) is 4.79 Å². The Balaban J connectivity index is 1.84. The fraction of sp³-hybridized carbons (Fsp3) is 0.381. The van der Waals surface area contributed by atoms with Gasteiger partial charge in [0.1, 0.15) is 12.4 Å². The van der Waals surface area contributed by atoms with Crippen molar-refractivity contribution >= 4 is 5.91 Å². The Kier molecular flexibility index (Phi) is 7.33. The number of carbonyl (C=O) groups is 1. The third kappa shape index (κ3) is 5.41. The van der Waals surface area contributed by atoms with Gasteiger partial charge < -0.3 is 19.5 Å². The predicted octanol–water partition coefficient (Wildman–Crippen LogP) is 3.66. The first-order valence-electron chi connectivity index (χ1n) is 8.82. The van der Waals surface area contributed by atoms with E-state index in [2.05, 4.69) is 5.32 Å². The quantitative estimate of drug-likeness (QED) is 0.696. The van der Waals surface area contributed by atoms with Gasteiger partial charge in [-0.25, -0.2) is 0 Å². The van der Waals surface area contributed by atoms with E-state index in [0.29, 0.717) is 31.1 Å². The van der Waals surface area contributed by atoms with E-state index in [4.69, 9.17) is 14.2 Å². The van der Waals surface area contributed by atoms with Gasteiger partial charge in [-0.3, -0.25) is 4.79 Å². The Morgan fingerprint density at radius 1 is 1.08 bits per heavy atom. The molecule has 140 valence electrons. The molecule has 0 aliphatic heterocycles. The normalized spacial score (nSPS) is 11.5. The lowest BCUT2D eigenvalue weighted by Crippen LogP contribution is -2.39. The summed E-state index contributed by atoms with van der Waals surface area (Å²) < 4.78 is 16.8. The zero-order chi connectivity index (χ0) is 18.9. The van der Waals surface area contributed by atoms with Gasteiger partial charge in [0.15, 0.2) is 17.6 Å². The zero-order valence-corrected chi connectivity index (χ0v) is 15.9. The minimum Gasteiger partial charge on any atom is -0.493 e. The fourth-order valence-corrected chi connectivity index (χ4v) is 2.50. The van der Waals surface area contributed by atoms with Crippen LogP contribution in [-0.4, -0.2) is 32.3 Å². The molecule has 0 saturated carbocycles. The van der Waals surface area contributed by atoms with E-state index in [1.54, 1.807) is 7.11 Å². The lowest BCUT2D eigenvalue weighted by molar-refractivity contribution is -0.128. The molecule has 1 atom stereocenters. The minimum absolute atomic E-state index is 0.142. The van der Waals surface area contributed by atoms with Crippen LogP contribution in [0.2, 0.25) is 0 Å².